The van der Waals surface area contributed by atoms with Gasteiger partial charge in [0.2, 0.25) is 0 Å². The number of hydrogen-bond donors (Lipinski definition) is 0. The van der Waals surface area contributed by atoms with Crippen LogP contribution in [0, 0.1) is 0 Å². The quantitative estimate of drug-likeness (QED) is 0.816. The van der Waals surface area contributed by atoms with Crippen LogP contribution in [-0.2, 0) is 6.54 Å². The summed E-state index contributed by atoms with van der Waals surface area (Å²) in [5.74, 6) is 1.01. The van der Waals surface area contributed by atoms with Gasteiger partial charge in [-0.1, -0.05) is 6.42 Å². The molecule has 3 nitrogen and oxygen atoms in total. The van der Waals surface area contributed by atoms with Crippen LogP contribution in [0.25, 0.3) is 0 Å². The summed E-state index contributed by atoms with van der Waals surface area (Å²) in [7, 11) is 0. The molecule has 0 atom stereocenters. The highest BCUT2D eigenvalue weighted by Gasteiger charge is 2.19. The molecule has 1 aromatic rings. The first-order valence-electron chi connectivity index (χ1n) is 7.24. The predicted molar refractivity (Wildman–Crippen MR) is 71.6 cm³/mol. The molecule has 3 heteroatoms. The van der Waals surface area contributed by atoms with Gasteiger partial charge in [-0.15, -0.1) is 0 Å². The van der Waals surface area contributed by atoms with Crippen molar-refractivity contribution in [3.05, 3.63) is 24.0 Å². The minimum absolute atomic E-state index is 0.415. The third-order valence-corrected chi connectivity index (χ3v) is 4.06. The molecule has 0 radical (unpaired) electrons. The lowest BCUT2D eigenvalue weighted by molar-refractivity contribution is 0.142. The van der Waals surface area contributed by atoms with E-state index in [0.717, 1.165) is 12.3 Å². The van der Waals surface area contributed by atoms with E-state index >= 15 is 0 Å². The van der Waals surface area contributed by atoms with Gasteiger partial charge in [-0.25, -0.2) is 0 Å². The highest BCUT2D eigenvalue weighted by molar-refractivity contribution is 5.30. The fourth-order valence-electron chi connectivity index (χ4n) is 2.79. The van der Waals surface area contributed by atoms with Crippen LogP contribution in [0.1, 0.15) is 44.1 Å². The summed E-state index contributed by atoms with van der Waals surface area (Å²) in [5.41, 5.74) is 1.30. The number of nitrogens with zero attached hydrogens (tertiary/aromatic N) is 2. The number of pyridine rings is 1. The zero-order valence-electron chi connectivity index (χ0n) is 11.0. The molecule has 0 aromatic carbocycles. The Labute approximate surface area is 109 Å². The first-order valence-corrected chi connectivity index (χ1v) is 7.24. The van der Waals surface area contributed by atoms with E-state index < -0.39 is 0 Å². The van der Waals surface area contributed by atoms with Gasteiger partial charge in [0, 0.05) is 18.3 Å². The number of aromatic nitrogens is 1. The van der Waals surface area contributed by atoms with Gasteiger partial charge in [0.1, 0.15) is 5.75 Å². The summed E-state index contributed by atoms with van der Waals surface area (Å²) in [4.78, 5) is 6.68. The minimum Gasteiger partial charge on any atom is -0.488 e. The van der Waals surface area contributed by atoms with Crippen LogP contribution in [0.5, 0.6) is 5.75 Å². The molecule has 2 heterocycles. The maximum Gasteiger partial charge on any atom is 0.142 e. The Morgan fingerprint density at radius 3 is 2.72 bits per heavy atom. The summed E-state index contributed by atoms with van der Waals surface area (Å²) in [5, 5.41) is 0. The molecule has 1 aromatic heterocycles. The van der Waals surface area contributed by atoms with Crippen molar-refractivity contribution >= 4 is 0 Å². The van der Waals surface area contributed by atoms with Crippen LogP contribution in [0.3, 0.4) is 0 Å². The standard InChI is InChI=1S/C15H22N2O/c1-2-5-14(6-3-1)18-15-11-16-8-7-13(15)12-17-9-4-10-17/h7-8,11,14H,1-6,9-10,12H2. The Balaban J connectivity index is 1.65. The van der Waals surface area contributed by atoms with Gasteiger partial charge < -0.3 is 4.74 Å². The maximum atomic E-state index is 6.17. The molecule has 2 fully saturated rings. The summed E-state index contributed by atoms with van der Waals surface area (Å²) in [6.07, 6.45) is 11.9. The van der Waals surface area contributed by atoms with Crippen LogP contribution in [-0.4, -0.2) is 29.1 Å². The second kappa shape index (κ2) is 5.70. The van der Waals surface area contributed by atoms with E-state index in [9.17, 15) is 0 Å². The molecule has 1 aliphatic carbocycles. The van der Waals surface area contributed by atoms with E-state index in [4.69, 9.17) is 4.74 Å². The average molecular weight is 246 g/mol. The first kappa shape index (κ1) is 12.0. The molecule has 0 N–H and O–H groups in total. The van der Waals surface area contributed by atoms with Crippen LogP contribution in [0.15, 0.2) is 18.5 Å². The Morgan fingerprint density at radius 2 is 2.00 bits per heavy atom. The van der Waals surface area contributed by atoms with Crippen molar-refractivity contribution in [1.82, 2.24) is 9.88 Å². The fourth-order valence-corrected chi connectivity index (χ4v) is 2.79. The Bertz CT molecular complexity index is 384. The zero-order valence-corrected chi connectivity index (χ0v) is 11.0. The molecule has 0 bridgehead atoms. The van der Waals surface area contributed by atoms with Gasteiger partial charge in [0.25, 0.3) is 0 Å². The molecule has 98 valence electrons. The van der Waals surface area contributed by atoms with Gasteiger partial charge in [-0.2, -0.15) is 0 Å². The molecule has 0 amide bonds. The lowest BCUT2D eigenvalue weighted by Crippen LogP contribution is -2.36. The summed E-state index contributed by atoms with van der Waals surface area (Å²) < 4.78 is 6.17. The third kappa shape index (κ3) is 2.83. The van der Waals surface area contributed by atoms with Gasteiger partial charge in [-0.3, -0.25) is 9.88 Å². The topological polar surface area (TPSA) is 25.4 Å². The molecule has 1 saturated heterocycles. The van der Waals surface area contributed by atoms with E-state index in [-0.39, 0.29) is 0 Å². The Morgan fingerprint density at radius 1 is 1.17 bits per heavy atom. The van der Waals surface area contributed by atoms with Crippen LogP contribution in [0.2, 0.25) is 0 Å². The minimum atomic E-state index is 0.415. The second-order valence-electron chi connectivity index (χ2n) is 5.49. The van der Waals surface area contributed by atoms with Crippen molar-refractivity contribution < 1.29 is 4.74 Å². The maximum absolute atomic E-state index is 6.17. The Kier molecular flexibility index (Phi) is 3.79. The van der Waals surface area contributed by atoms with E-state index in [0.29, 0.717) is 6.10 Å². The van der Waals surface area contributed by atoms with Crippen LogP contribution in [0.4, 0.5) is 0 Å². The Hall–Kier alpha value is -1.09. The normalized spacial score (nSPS) is 21.6. The summed E-state index contributed by atoms with van der Waals surface area (Å²) in [6.45, 7) is 3.47. The molecule has 3 rings (SSSR count). The van der Waals surface area contributed by atoms with Gasteiger partial charge in [0.15, 0.2) is 0 Å². The van der Waals surface area contributed by atoms with Crippen LogP contribution >= 0.6 is 0 Å². The fraction of sp³-hybridized carbons (Fsp3) is 0.667. The van der Waals surface area contributed by atoms with Crippen LogP contribution < -0.4 is 4.74 Å². The highest BCUT2D eigenvalue weighted by Crippen LogP contribution is 2.26. The molecule has 2 aliphatic rings. The predicted octanol–water partition coefficient (Wildman–Crippen LogP) is 3.00. The van der Waals surface area contributed by atoms with Crippen molar-refractivity contribution in [3.63, 3.8) is 0 Å². The van der Waals surface area contributed by atoms with E-state index in [1.165, 1.54) is 57.2 Å². The second-order valence-corrected chi connectivity index (χ2v) is 5.49. The molecule has 1 aliphatic heterocycles. The molecule has 0 unspecified atom stereocenters. The number of hydrogen-bond acceptors (Lipinski definition) is 3. The highest BCUT2D eigenvalue weighted by atomic mass is 16.5. The van der Waals surface area contributed by atoms with Crippen molar-refractivity contribution in [1.29, 1.82) is 0 Å². The molecular weight excluding hydrogens is 224 g/mol. The number of likely N-dealkylation sites (tertiary alicyclic amines) is 1. The van der Waals surface area contributed by atoms with E-state index in [1.54, 1.807) is 0 Å². The third-order valence-electron chi connectivity index (χ3n) is 4.06. The van der Waals surface area contributed by atoms with E-state index in [2.05, 4.69) is 16.0 Å². The van der Waals surface area contributed by atoms with Crippen molar-refractivity contribution in [2.24, 2.45) is 0 Å². The smallest absolute Gasteiger partial charge is 0.142 e. The lowest BCUT2D eigenvalue weighted by atomic mass is 9.98. The van der Waals surface area contributed by atoms with Gasteiger partial charge in [0.05, 0.1) is 12.3 Å². The van der Waals surface area contributed by atoms with Gasteiger partial charge in [-0.05, 0) is 51.3 Å². The van der Waals surface area contributed by atoms with Gasteiger partial charge >= 0.3 is 0 Å². The summed E-state index contributed by atoms with van der Waals surface area (Å²) >= 11 is 0. The SMILES string of the molecule is c1cc(CN2CCC2)c(OC2CCCCC2)cn1. The number of ether oxygens (including phenoxy) is 1. The first-order chi connectivity index (χ1) is 8.92. The van der Waals surface area contributed by atoms with Crippen molar-refractivity contribution in [3.8, 4) is 5.75 Å². The molecule has 0 spiro atoms. The largest absolute Gasteiger partial charge is 0.488 e. The molecule has 18 heavy (non-hydrogen) atoms. The summed E-state index contributed by atoms with van der Waals surface area (Å²) in [6, 6.07) is 2.11. The zero-order chi connectivity index (χ0) is 12.2. The molecular formula is C15H22N2O. The molecule has 1 saturated carbocycles. The van der Waals surface area contributed by atoms with Crippen molar-refractivity contribution in [2.45, 2.75) is 51.2 Å². The lowest BCUT2D eigenvalue weighted by Gasteiger charge is -2.31. The van der Waals surface area contributed by atoms with Crippen molar-refractivity contribution in [2.75, 3.05) is 13.1 Å². The number of rotatable bonds is 4. The van der Waals surface area contributed by atoms with E-state index in [1.807, 2.05) is 12.4 Å². The monoisotopic (exact) mass is 246 g/mol. The average Bonchev–Trinajstić information content (AvgIpc) is 2.37.